The predicted octanol–water partition coefficient (Wildman–Crippen LogP) is 3.38. The van der Waals surface area contributed by atoms with Crippen molar-refractivity contribution in [1.29, 1.82) is 0 Å². The Morgan fingerprint density at radius 3 is 2.57 bits per heavy atom. The average molecular weight is 417 g/mol. The van der Waals surface area contributed by atoms with Gasteiger partial charge in [0.15, 0.2) is 4.34 Å². The molecule has 0 aliphatic carbocycles. The van der Waals surface area contributed by atoms with Crippen LogP contribution in [0.5, 0.6) is 0 Å². The number of aromatic nitrogens is 2. The first-order chi connectivity index (χ1) is 13.6. The third-order valence-electron chi connectivity index (χ3n) is 3.65. The fraction of sp³-hybridized carbons (Fsp3) is 0.158. The van der Waals surface area contributed by atoms with E-state index in [1.54, 1.807) is 6.07 Å². The zero-order valence-electron chi connectivity index (χ0n) is 14.7. The number of hydrogen-bond donors (Lipinski definition) is 2. The van der Waals surface area contributed by atoms with E-state index in [9.17, 15) is 14.0 Å². The lowest BCUT2D eigenvalue weighted by Crippen LogP contribution is -2.27. The number of carbonyl (C=O) groups excluding carboxylic acids is 2. The Morgan fingerprint density at radius 2 is 1.79 bits per heavy atom. The van der Waals surface area contributed by atoms with E-state index >= 15 is 0 Å². The highest BCUT2D eigenvalue weighted by Gasteiger charge is 2.14. The van der Waals surface area contributed by atoms with Gasteiger partial charge in [-0.15, -0.1) is 10.2 Å². The van der Waals surface area contributed by atoms with Crippen molar-refractivity contribution in [2.45, 2.75) is 10.8 Å². The summed E-state index contributed by atoms with van der Waals surface area (Å²) in [5, 5.41) is 13.4. The first kappa shape index (κ1) is 20.0. The van der Waals surface area contributed by atoms with Crippen LogP contribution in [0.25, 0.3) is 0 Å². The second-order valence-electron chi connectivity index (χ2n) is 5.68. The van der Waals surface area contributed by atoms with E-state index in [-0.39, 0.29) is 22.4 Å². The number of halogens is 1. The monoisotopic (exact) mass is 416 g/mol. The van der Waals surface area contributed by atoms with Crippen LogP contribution < -0.4 is 10.6 Å². The summed E-state index contributed by atoms with van der Waals surface area (Å²) in [5.41, 5.74) is 1.10. The number of nitrogens with zero attached hydrogens (tertiary/aromatic N) is 2. The van der Waals surface area contributed by atoms with Gasteiger partial charge in [-0.2, -0.15) is 0 Å². The highest BCUT2D eigenvalue weighted by Crippen LogP contribution is 2.25. The van der Waals surface area contributed by atoms with Gasteiger partial charge in [-0.3, -0.25) is 14.9 Å². The smallest absolute Gasteiger partial charge is 0.260 e. The molecule has 144 valence electrons. The van der Waals surface area contributed by atoms with Crippen LogP contribution in [0.2, 0.25) is 0 Å². The molecular weight excluding hydrogens is 399 g/mol. The zero-order valence-corrected chi connectivity index (χ0v) is 16.4. The molecule has 1 heterocycles. The van der Waals surface area contributed by atoms with Crippen LogP contribution in [0, 0.1) is 5.82 Å². The summed E-state index contributed by atoms with van der Waals surface area (Å²) in [4.78, 5) is 24.0. The molecular formula is C19H17FN4O2S2. The summed E-state index contributed by atoms with van der Waals surface area (Å²) in [6, 6.07) is 15.6. The summed E-state index contributed by atoms with van der Waals surface area (Å²) < 4.78 is 14.2. The van der Waals surface area contributed by atoms with Gasteiger partial charge in [-0.25, -0.2) is 4.39 Å². The summed E-state index contributed by atoms with van der Waals surface area (Å²) in [5.74, 6) is -1.10. The van der Waals surface area contributed by atoms with E-state index in [1.807, 2.05) is 30.3 Å². The Kier molecular flexibility index (Phi) is 7.10. The Labute approximate surface area is 169 Å². The molecule has 0 fully saturated rings. The Morgan fingerprint density at radius 1 is 1.04 bits per heavy atom. The molecule has 0 bridgehead atoms. The van der Waals surface area contributed by atoms with Gasteiger partial charge in [0.05, 0.1) is 11.3 Å². The normalized spacial score (nSPS) is 10.5. The molecule has 2 amide bonds. The van der Waals surface area contributed by atoms with Gasteiger partial charge in [0, 0.05) is 6.54 Å². The minimum Gasteiger partial charge on any atom is -0.355 e. The van der Waals surface area contributed by atoms with E-state index in [2.05, 4.69) is 20.8 Å². The fourth-order valence-corrected chi connectivity index (χ4v) is 3.87. The standard InChI is InChI=1S/C19H17FN4O2S2/c20-15-9-5-4-8-14(15)17(26)22-18-23-24-19(28-18)27-12-16(25)21-11-10-13-6-2-1-3-7-13/h1-9H,10-12H2,(H,21,25)(H,22,23,26). The molecule has 6 nitrogen and oxygen atoms in total. The largest absolute Gasteiger partial charge is 0.355 e. The van der Waals surface area contributed by atoms with Crippen LogP contribution in [0.4, 0.5) is 9.52 Å². The van der Waals surface area contributed by atoms with Crippen molar-refractivity contribution >= 4 is 40.0 Å². The van der Waals surface area contributed by atoms with Crippen molar-refractivity contribution in [2.24, 2.45) is 0 Å². The second-order valence-corrected chi connectivity index (χ2v) is 7.88. The van der Waals surface area contributed by atoms with Gasteiger partial charge in [-0.1, -0.05) is 65.6 Å². The Bertz CT molecular complexity index is 950. The van der Waals surface area contributed by atoms with Gasteiger partial charge in [0.2, 0.25) is 11.0 Å². The molecule has 0 saturated heterocycles. The molecule has 0 radical (unpaired) electrons. The molecule has 0 saturated carbocycles. The summed E-state index contributed by atoms with van der Waals surface area (Å²) >= 11 is 2.36. The van der Waals surface area contributed by atoms with Crippen molar-refractivity contribution < 1.29 is 14.0 Å². The van der Waals surface area contributed by atoms with Crippen LogP contribution in [-0.2, 0) is 11.2 Å². The van der Waals surface area contributed by atoms with Crippen LogP contribution in [0.3, 0.4) is 0 Å². The second kappa shape index (κ2) is 9.95. The van der Waals surface area contributed by atoms with E-state index in [1.165, 1.54) is 30.0 Å². The van der Waals surface area contributed by atoms with E-state index in [0.717, 1.165) is 23.3 Å². The molecule has 0 aliphatic rings. The number of nitrogens with one attached hydrogen (secondary N) is 2. The van der Waals surface area contributed by atoms with Crippen LogP contribution >= 0.6 is 23.1 Å². The lowest BCUT2D eigenvalue weighted by atomic mass is 10.1. The topological polar surface area (TPSA) is 84.0 Å². The van der Waals surface area contributed by atoms with Crippen LogP contribution in [0.15, 0.2) is 58.9 Å². The molecule has 28 heavy (non-hydrogen) atoms. The van der Waals surface area contributed by atoms with Gasteiger partial charge in [0.25, 0.3) is 5.91 Å². The minimum atomic E-state index is -0.605. The molecule has 0 aliphatic heterocycles. The van der Waals surface area contributed by atoms with Crippen molar-refractivity contribution in [2.75, 3.05) is 17.6 Å². The third kappa shape index (κ3) is 5.86. The van der Waals surface area contributed by atoms with Gasteiger partial charge < -0.3 is 5.32 Å². The number of benzene rings is 2. The maximum absolute atomic E-state index is 13.6. The molecule has 0 spiro atoms. The van der Waals surface area contributed by atoms with Gasteiger partial charge >= 0.3 is 0 Å². The van der Waals surface area contributed by atoms with Crippen molar-refractivity contribution in [1.82, 2.24) is 15.5 Å². The molecule has 2 N–H and O–H groups in total. The van der Waals surface area contributed by atoms with Gasteiger partial charge in [0.1, 0.15) is 5.82 Å². The predicted molar refractivity (Wildman–Crippen MR) is 108 cm³/mol. The molecule has 1 aromatic heterocycles. The molecule has 9 heteroatoms. The molecule has 3 aromatic rings. The van der Waals surface area contributed by atoms with E-state index in [0.29, 0.717) is 10.9 Å². The first-order valence-electron chi connectivity index (χ1n) is 8.44. The van der Waals surface area contributed by atoms with E-state index < -0.39 is 11.7 Å². The molecule has 3 rings (SSSR count). The Hall–Kier alpha value is -2.78. The first-order valence-corrected chi connectivity index (χ1v) is 10.2. The maximum Gasteiger partial charge on any atom is 0.260 e. The lowest BCUT2D eigenvalue weighted by Gasteiger charge is -2.04. The van der Waals surface area contributed by atoms with E-state index in [4.69, 9.17) is 0 Å². The van der Waals surface area contributed by atoms with Crippen LogP contribution in [0.1, 0.15) is 15.9 Å². The number of rotatable bonds is 8. The average Bonchev–Trinajstić information content (AvgIpc) is 3.15. The van der Waals surface area contributed by atoms with Crippen LogP contribution in [-0.4, -0.2) is 34.3 Å². The third-order valence-corrected chi connectivity index (χ3v) is 5.62. The number of thioether (sulfide) groups is 1. The fourth-order valence-electron chi connectivity index (χ4n) is 2.30. The number of hydrogen-bond acceptors (Lipinski definition) is 6. The van der Waals surface area contributed by atoms with Crippen molar-refractivity contribution in [3.05, 3.63) is 71.5 Å². The summed E-state index contributed by atoms with van der Waals surface area (Å²) in [6.45, 7) is 0.559. The number of anilines is 1. The molecule has 2 aromatic carbocycles. The number of carbonyl (C=O) groups is 2. The lowest BCUT2D eigenvalue weighted by molar-refractivity contribution is -0.118. The van der Waals surface area contributed by atoms with Crippen molar-refractivity contribution in [3.8, 4) is 0 Å². The van der Waals surface area contributed by atoms with Gasteiger partial charge in [-0.05, 0) is 24.1 Å². The molecule has 0 atom stereocenters. The zero-order chi connectivity index (χ0) is 19.8. The maximum atomic E-state index is 13.6. The SMILES string of the molecule is O=C(CSc1nnc(NC(=O)c2ccccc2F)s1)NCCc1ccccc1. The summed E-state index contributed by atoms with van der Waals surface area (Å²) in [7, 11) is 0. The number of amides is 2. The van der Waals surface area contributed by atoms with Crippen molar-refractivity contribution in [3.63, 3.8) is 0 Å². The quantitative estimate of drug-likeness (QED) is 0.434. The summed E-state index contributed by atoms with van der Waals surface area (Å²) in [6.07, 6.45) is 0.766. The Balaban J connectivity index is 1.42. The molecule has 0 unspecified atom stereocenters. The highest BCUT2D eigenvalue weighted by molar-refractivity contribution is 8.01. The minimum absolute atomic E-state index is 0.0651. The highest BCUT2D eigenvalue weighted by atomic mass is 32.2.